The fourth-order valence-corrected chi connectivity index (χ4v) is 2.56. The monoisotopic (exact) mass is 284 g/mol. The van der Waals surface area contributed by atoms with Crippen molar-refractivity contribution in [2.75, 3.05) is 0 Å². The maximum atomic E-state index is 11.3. The second kappa shape index (κ2) is 4.90. The number of hydrogen-bond acceptors (Lipinski definition) is 4. The molecule has 0 saturated carbocycles. The molecule has 2 aromatic heterocycles. The second-order valence-electron chi connectivity index (χ2n) is 4.40. The molecule has 3 aromatic rings. The second-order valence-corrected chi connectivity index (χ2v) is 5.06. The normalized spacial score (nSPS) is 10.7. The van der Waals surface area contributed by atoms with Crippen LogP contribution < -0.4 is 5.73 Å². The molecule has 20 heavy (non-hydrogen) atoms. The molecule has 6 heteroatoms. The summed E-state index contributed by atoms with van der Waals surface area (Å²) in [4.78, 5) is 15.7. The molecular formula is C14H12N4OS. The number of nitrogens with two attached hydrogens (primary N) is 1. The van der Waals surface area contributed by atoms with Gasteiger partial charge in [-0.3, -0.25) is 9.36 Å². The lowest BCUT2D eigenvalue weighted by Gasteiger charge is -2.11. The lowest BCUT2D eigenvalue weighted by Crippen LogP contribution is -2.12. The zero-order valence-corrected chi connectivity index (χ0v) is 11.6. The first-order chi connectivity index (χ1) is 9.66. The van der Waals surface area contributed by atoms with E-state index in [1.54, 1.807) is 24.5 Å². The molecule has 0 saturated heterocycles. The van der Waals surface area contributed by atoms with Crippen LogP contribution in [0.25, 0.3) is 17.1 Å². The lowest BCUT2D eigenvalue weighted by atomic mass is 10.1. The van der Waals surface area contributed by atoms with Crippen LogP contribution >= 0.6 is 11.5 Å². The Bertz CT molecular complexity index is 761. The fourth-order valence-electron chi connectivity index (χ4n) is 2.05. The number of aryl methyl sites for hydroxylation is 1. The van der Waals surface area contributed by atoms with E-state index < -0.39 is 5.91 Å². The molecule has 1 amide bonds. The average Bonchev–Trinajstić information content (AvgIpc) is 3.09. The van der Waals surface area contributed by atoms with E-state index in [0.29, 0.717) is 5.56 Å². The Morgan fingerprint density at radius 3 is 2.95 bits per heavy atom. The molecule has 5 nitrogen and oxygen atoms in total. The molecule has 100 valence electrons. The zero-order chi connectivity index (χ0) is 14.1. The molecule has 0 radical (unpaired) electrons. The number of rotatable bonds is 3. The minimum absolute atomic E-state index is 0.440. The van der Waals surface area contributed by atoms with Crippen molar-refractivity contribution in [1.82, 2.24) is 13.9 Å². The minimum Gasteiger partial charge on any atom is -0.366 e. The zero-order valence-electron chi connectivity index (χ0n) is 10.8. The number of benzene rings is 1. The smallest absolute Gasteiger partial charge is 0.248 e. The minimum atomic E-state index is -0.440. The van der Waals surface area contributed by atoms with Crippen LogP contribution in [0.2, 0.25) is 0 Å². The van der Waals surface area contributed by atoms with Gasteiger partial charge >= 0.3 is 0 Å². The van der Waals surface area contributed by atoms with Crippen molar-refractivity contribution in [2.45, 2.75) is 6.92 Å². The maximum absolute atomic E-state index is 11.3. The average molecular weight is 284 g/mol. The molecule has 0 bridgehead atoms. The highest BCUT2D eigenvalue weighted by Gasteiger charge is 2.12. The number of hydrogen-bond donors (Lipinski definition) is 1. The molecule has 2 heterocycles. The van der Waals surface area contributed by atoms with E-state index in [1.165, 1.54) is 11.5 Å². The number of aromatic nitrogens is 3. The summed E-state index contributed by atoms with van der Waals surface area (Å²) in [6.45, 7) is 1.98. The van der Waals surface area contributed by atoms with Crippen LogP contribution in [0.5, 0.6) is 0 Å². The predicted octanol–water partition coefficient (Wildman–Crippen LogP) is 2.40. The van der Waals surface area contributed by atoms with Gasteiger partial charge in [0.15, 0.2) is 0 Å². The van der Waals surface area contributed by atoms with Crippen molar-refractivity contribution in [3.8, 4) is 17.1 Å². The molecule has 0 fully saturated rings. The van der Waals surface area contributed by atoms with Crippen molar-refractivity contribution >= 4 is 17.4 Å². The van der Waals surface area contributed by atoms with Crippen LogP contribution in [0, 0.1) is 6.92 Å². The molecule has 0 aliphatic carbocycles. The van der Waals surface area contributed by atoms with E-state index in [4.69, 9.17) is 5.73 Å². The van der Waals surface area contributed by atoms with Crippen LogP contribution in [-0.4, -0.2) is 19.8 Å². The topological polar surface area (TPSA) is 73.8 Å². The number of amides is 1. The van der Waals surface area contributed by atoms with E-state index in [0.717, 1.165) is 22.6 Å². The van der Waals surface area contributed by atoms with Gasteiger partial charge in [0.25, 0.3) is 0 Å². The van der Waals surface area contributed by atoms with Crippen LogP contribution in [0.1, 0.15) is 15.9 Å². The van der Waals surface area contributed by atoms with Gasteiger partial charge in [0.05, 0.1) is 11.9 Å². The third-order valence-corrected chi connectivity index (χ3v) is 3.67. The Morgan fingerprint density at radius 2 is 2.25 bits per heavy atom. The molecular weight excluding hydrogens is 272 g/mol. The summed E-state index contributed by atoms with van der Waals surface area (Å²) < 4.78 is 6.03. The fraction of sp³-hybridized carbons (Fsp3) is 0.0714. The SMILES string of the molecule is Cc1ccc(C(N)=O)cc1-n1ccnc1-c1cnsc1. The predicted molar refractivity (Wildman–Crippen MR) is 77.9 cm³/mol. The first kappa shape index (κ1) is 12.6. The number of carbonyl (C=O) groups excluding carboxylic acids is 1. The lowest BCUT2D eigenvalue weighted by molar-refractivity contribution is 0.100. The standard InChI is InChI=1S/C14H12N4OS/c1-9-2-3-10(13(15)19)6-12(9)18-5-4-16-14(18)11-7-17-20-8-11/h2-8H,1H3,(H2,15,19). The Labute approximate surface area is 119 Å². The molecule has 2 N–H and O–H groups in total. The van der Waals surface area contributed by atoms with E-state index >= 15 is 0 Å². The number of primary amides is 1. The van der Waals surface area contributed by atoms with Gasteiger partial charge in [0.2, 0.25) is 5.91 Å². The van der Waals surface area contributed by atoms with Gasteiger partial charge < -0.3 is 5.73 Å². The van der Waals surface area contributed by atoms with Gasteiger partial charge in [-0.25, -0.2) is 9.36 Å². The maximum Gasteiger partial charge on any atom is 0.248 e. The number of carbonyl (C=O) groups is 1. The molecule has 0 aliphatic rings. The highest BCUT2D eigenvalue weighted by atomic mass is 32.1. The largest absolute Gasteiger partial charge is 0.366 e. The molecule has 0 unspecified atom stereocenters. The van der Waals surface area contributed by atoms with Gasteiger partial charge in [0.1, 0.15) is 5.82 Å². The number of imidazole rings is 1. The molecule has 0 spiro atoms. The summed E-state index contributed by atoms with van der Waals surface area (Å²) in [7, 11) is 0. The summed E-state index contributed by atoms with van der Waals surface area (Å²) >= 11 is 1.38. The van der Waals surface area contributed by atoms with Crippen molar-refractivity contribution in [3.05, 3.63) is 53.3 Å². The molecule has 0 aliphatic heterocycles. The van der Waals surface area contributed by atoms with Crippen molar-refractivity contribution in [2.24, 2.45) is 5.73 Å². The van der Waals surface area contributed by atoms with E-state index in [-0.39, 0.29) is 0 Å². The summed E-state index contributed by atoms with van der Waals surface area (Å²) in [6, 6.07) is 5.39. The summed E-state index contributed by atoms with van der Waals surface area (Å²) in [5, 5.41) is 1.94. The van der Waals surface area contributed by atoms with Gasteiger partial charge in [0, 0.05) is 28.9 Å². The quantitative estimate of drug-likeness (QED) is 0.802. The van der Waals surface area contributed by atoms with Crippen LogP contribution in [0.4, 0.5) is 0 Å². The van der Waals surface area contributed by atoms with Crippen LogP contribution in [0.15, 0.2) is 42.2 Å². The van der Waals surface area contributed by atoms with Gasteiger partial charge in [-0.05, 0) is 36.2 Å². The van der Waals surface area contributed by atoms with Crippen LogP contribution in [0.3, 0.4) is 0 Å². The van der Waals surface area contributed by atoms with Gasteiger partial charge in [-0.2, -0.15) is 0 Å². The highest BCUT2D eigenvalue weighted by molar-refractivity contribution is 7.03. The first-order valence-corrected chi connectivity index (χ1v) is 6.84. The van der Waals surface area contributed by atoms with Crippen molar-refractivity contribution in [1.29, 1.82) is 0 Å². The summed E-state index contributed by atoms with van der Waals surface area (Å²) in [5.74, 6) is 0.355. The third-order valence-electron chi connectivity index (χ3n) is 3.08. The van der Waals surface area contributed by atoms with Gasteiger partial charge in [-0.1, -0.05) is 6.07 Å². The molecule has 3 rings (SSSR count). The Kier molecular flexibility index (Phi) is 3.08. The van der Waals surface area contributed by atoms with Gasteiger partial charge in [-0.15, -0.1) is 0 Å². The Balaban J connectivity index is 2.17. The molecule has 1 aromatic carbocycles. The van der Waals surface area contributed by atoms with Crippen LogP contribution in [-0.2, 0) is 0 Å². The van der Waals surface area contributed by atoms with Crippen molar-refractivity contribution < 1.29 is 4.79 Å². The van der Waals surface area contributed by atoms with Crippen molar-refractivity contribution in [3.63, 3.8) is 0 Å². The van der Waals surface area contributed by atoms with E-state index in [1.807, 2.05) is 29.1 Å². The highest BCUT2D eigenvalue weighted by Crippen LogP contribution is 2.24. The van der Waals surface area contributed by atoms with E-state index in [2.05, 4.69) is 9.36 Å². The van der Waals surface area contributed by atoms with E-state index in [9.17, 15) is 4.79 Å². The number of nitrogens with zero attached hydrogens (tertiary/aromatic N) is 3. The molecule has 0 atom stereocenters. The first-order valence-electron chi connectivity index (χ1n) is 6.01. The summed E-state index contributed by atoms with van der Waals surface area (Å²) in [5.41, 5.74) is 8.70. The Morgan fingerprint density at radius 1 is 1.40 bits per heavy atom. The summed E-state index contributed by atoms with van der Waals surface area (Å²) in [6.07, 6.45) is 5.36. The third kappa shape index (κ3) is 2.10. The Hall–Kier alpha value is -2.47.